The first kappa shape index (κ1) is 19.3. The summed E-state index contributed by atoms with van der Waals surface area (Å²) in [6, 6.07) is 1.86. The Balaban J connectivity index is 1.52. The minimum Gasteiger partial charge on any atom is -0.375 e. The molecule has 0 saturated carbocycles. The number of fused-ring (bicyclic) bond motifs is 1. The number of ether oxygens (including phenoxy) is 1. The van der Waals surface area contributed by atoms with E-state index in [1.165, 1.54) is 25.6 Å². The summed E-state index contributed by atoms with van der Waals surface area (Å²) in [4.78, 5) is 26.3. The van der Waals surface area contributed by atoms with Gasteiger partial charge in [-0.2, -0.15) is 10.1 Å². The fourth-order valence-corrected chi connectivity index (χ4v) is 4.14. The second-order valence-corrected chi connectivity index (χ2v) is 8.15. The average Bonchev–Trinajstić information content (AvgIpc) is 3.06. The maximum absolute atomic E-state index is 13.3. The number of carbonyl (C=O) groups excluding carboxylic acids is 1. The number of carbonyl (C=O) groups is 1. The third-order valence-electron chi connectivity index (χ3n) is 5.64. The van der Waals surface area contributed by atoms with Gasteiger partial charge in [0, 0.05) is 26.2 Å². The smallest absolute Gasteiger partial charge is 0.272 e. The van der Waals surface area contributed by atoms with Crippen molar-refractivity contribution in [2.24, 2.45) is 0 Å². The van der Waals surface area contributed by atoms with Crippen LogP contribution in [-0.4, -0.2) is 80.7 Å². The van der Waals surface area contributed by atoms with Gasteiger partial charge in [0.15, 0.2) is 0 Å². The van der Waals surface area contributed by atoms with Crippen molar-refractivity contribution >= 4 is 11.7 Å². The summed E-state index contributed by atoms with van der Waals surface area (Å²) in [7, 11) is 0. The molecule has 4 heterocycles. The molecule has 1 amide bonds. The van der Waals surface area contributed by atoms with Crippen LogP contribution in [0.15, 0.2) is 12.4 Å². The third-order valence-corrected chi connectivity index (χ3v) is 5.64. The summed E-state index contributed by atoms with van der Waals surface area (Å²) in [5, 5.41) is 4.24. The monoisotopic (exact) mass is 386 g/mol. The summed E-state index contributed by atoms with van der Waals surface area (Å²) < 4.78 is 7.77. The average molecular weight is 387 g/mol. The number of rotatable bonds is 4. The third kappa shape index (κ3) is 4.17. The fraction of sp³-hybridized carbons (Fsp3) is 0.700. The molecule has 4 rings (SSSR count). The van der Waals surface area contributed by atoms with Crippen LogP contribution in [0.3, 0.4) is 0 Å². The van der Waals surface area contributed by atoms with E-state index in [2.05, 4.69) is 33.8 Å². The van der Waals surface area contributed by atoms with Gasteiger partial charge in [-0.3, -0.25) is 4.79 Å². The van der Waals surface area contributed by atoms with Gasteiger partial charge in [-0.1, -0.05) is 20.3 Å². The zero-order valence-corrected chi connectivity index (χ0v) is 16.9. The van der Waals surface area contributed by atoms with Crippen LogP contribution in [-0.2, 0) is 4.74 Å². The topological polar surface area (TPSA) is 75.9 Å². The molecule has 0 radical (unpaired) electrons. The number of piperidine rings is 1. The number of nitrogens with zero attached hydrogens (tertiary/aromatic N) is 6. The molecule has 8 nitrogen and oxygen atoms in total. The Bertz CT molecular complexity index is 814. The molecule has 28 heavy (non-hydrogen) atoms. The number of aromatic nitrogens is 4. The highest BCUT2D eigenvalue weighted by Crippen LogP contribution is 2.18. The van der Waals surface area contributed by atoms with Crippen LogP contribution in [0.5, 0.6) is 0 Å². The Morgan fingerprint density at radius 3 is 2.82 bits per heavy atom. The van der Waals surface area contributed by atoms with E-state index >= 15 is 0 Å². The highest BCUT2D eigenvalue weighted by atomic mass is 16.5. The van der Waals surface area contributed by atoms with Crippen molar-refractivity contribution in [1.82, 2.24) is 29.4 Å². The van der Waals surface area contributed by atoms with E-state index in [4.69, 9.17) is 4.74 Å². The predicted octanol–water partition coefficient (Wildman–Crippen LogP) is 1.96. The van der Waals surface area contributed by atoms with Crippen LogP contribution in [0, 0.1) is 0 Å². The summed E-state index contributed by atoms with van der Waals surface area (Å²) >= 11 is 0. The van der Waals surface area contributed by atoms with E-state index in [-0.39, 0.29) is 17.9 Å². The molecule has 2 aliphatic rings. The van der Waals surface area contributed by atoms with Crippen LogP contribution in [0.1, 0.15) is 61.6 Å². The van der Waals surface area contributed by atoms with E-state index in [1.807, 2.05) is 11.0 Å². The minimum atomic E-state index is -0.0402. The number of hydrogen-bond acceptors (Lipinski definition) is 6. The van der Waals surface area contributed by atoms with Gasteiger partial charge < -0.3 is 14.5 Å². The van der Waals surface area contributed by atoms with Crippen molar-refractivity contribution < 1.29 is 9.53 Å². The van der Waals surface area contributed by atoms with Crippen LogP contribution in [0.4, 0.5) is 0 Å². The van der Waals surface area contributed by atoms with Gasteiger partial charge in [0.05, 0.1) is 11.8 Å². The molecule has 8 heteroatoms. The predicted molar refractivity (Wildman–Crippen MR) is 105 cm³/mol. The molecule has 2 aromatic heterocycles. The van der Waals surface area contributed by atoms with E-state index in [1.54, 1.807) is 4.52 Å². The lowest BCUT2D eigenvalue weighted by Gasteiger charge is -2.31. The zero-order valence-electron chi connectivity index (χ0n) is 16.9. The Labute approximate surface area is 165 Å². The highest BCUT2D eigenvalue weighted by molar-refractivity contribution is 5.92. The second-order valence-electron chi connectivity index (χ2n) is 8.15. The van der Waals surface area contributed by atoms with Crippen molar-refractivity contribution in [3.05, 3.63) is 23.8 Å². The molecule has 0 unspecified atom stereocenters. The Kier molecular flexibility index (Phi) is 5.87. The quantitative estimate of drug-likeness (QED) is 0.800. The van der Waals surface area contributed by atoms with E-state index in [0.29, 0.717) is 31.2 Å². The van der Waals surface area contributed by atoms with Gasteiger partial charge in [-0.25, -0.2) is 9.50 Å². The molecular formula is C20H30N6O2. The molecule has 0 aromatic carbocycles. The lowest BCUT2D eigenvalue weighted by Crippen LogP contribution is -2.44. The number of likely N-dealkylation sites (tertiary alicyclic amines) is 1. The molecular weight excluding hydrogens is 356 g/mol. The Hall–Kier alpha value is -2.06. The standard InChI is InChI=1S/C20H30N6O2/c1-15(2)18-11-17(23-20-21-14-22-26(18)20)19(27)25-9-6-10-28-16(13-25)12-24-7-4-3-5-8-24/h11,14-16H,3-10,12-13H2,1-2H3/t16-/m1/s1. The van der Waals surface area contributed by atoms with E-state index in [0.717, 1.165) is 31.7 Å². The van der Waals surface area contributed by atoms with Gasteiger partial charge in [-0.05, 0) is 44.3 Å². The summed E-state index contributed by atoms with van der Waals surface area (Å²) in [5.41, 5.74) is 1.39. The normalized spacial score (nSPS) is 22.0. The Morgan fingerprint density at radius 1 is 1.21 bits per heavy atom. The number of hydrogen-bond donors (Lipinski definition) is 0. The number of amides is 1. The van der Waals surface area contributed by atoms with Gasteiger partial charge in [0.25, 0.3) is 11.7 Å². The highest BCUT2D eigenvalue weighted by Gasteiger charge is 2.27. The summed E-state index contributed by atoms with van der Waals surface area (Å²) in [5.74, 6) is 0.657. The molecule has 1 atom stereocenters. The molecule has 2 saturated heterocycles. The first-order valence-corrected chi connectivity index (χ1v) is 10.5. The lowest BCUT2D eigenvalue weighted by atomic mass is 10.1. The second kappa shape index (κ2) is 8.53. The lowest BCUT2D eigenvalue weighted by molar-refractivity contribution is 0.0215. The molecule has 2 aliphatic heterocycles. The first-order valence-electron chi connectivity index (χ1n) is 10.5. The molecule has 2 fully saturated rings. The van der Waals surface area contributed by atoms with E-state index < -0.39 is 0 Å². The molecule has 152 valence electrons. The molecule has 2 aromatic rings. The Morgan fingerprint density at radius 2 is 2.04 bits per heavy atom. The molecule has 0 spiro atoms. The van der Waals surface area contributed by atoms with Gasteiger partial charge >= 0.3 is 0 Å². The largest absolute Gasteiger partial charge is 0.375 e. The van der Waals surface area contributed by atoms with Crippen molar-refractivity contribution in [3.63, 3.8) is 0 Å². The maximum atomic E-state index is 13.3. The summed E-state index contributed by atoms with van der Waals surface area (Å²) in [6.07, 6.45) is 6.24. The van der Waals surface area contributed by atoms with Gasteiger partial charge in [-0.15, -0.1) is 0 Å². The van der Waals surface area contributed by atoms with Crippen LogP contribution < -0.4 is 0 Å². The SMILES string of the molecule is CC(C)c1cc(C(=O)N2CCCO[C@H](CN3CCCCC3)C2)nc2ncnn12. The van der Waals surface area contributed by atoms with Crippen molar-refractivity contribution in [1.29, 1.82) is 0 Å². The summed E-state index contributed by atoms with van der Waals surface area (Å²) in [6.45, 7) is 9.36. The molecule has 0 aliphatic carbocycles. The van der Waals surface area contributed by atoms with Crippen molar-refractivity contribution in [2.45, 2.75) is 51.6 Å². The van der Waals surface area contributed by atoms with Crippen molar-refractivity contribution in [3.8, 4) is 0 Å². The van der Waals surface area contributed by atoms with E-state index in [9.17, 15) is 4.79 Å². The van der Waals surface area contributed by atoms with Crippen LogP contribution in [0.25, 0.3) is 5.78 Å². The molecule has 0 N–H and O–H groups in total. The first-order chi connectivity index (χ1) is 13.6. The zero-order chi connectivity index (χ0) is 19.5. The van der Waals surface area contributed by atoms with Crippen LogP contribution in [0.2, 0.25) is 0 Å². The van der Waals surface area contributed by atoms with Gasteiger partial charge in [0.1, 0.15) is 12.0 Å². The fourth-order valence-electron chi connectivity index (χ4n) is 4.14. The maximum Gasteiger partial charge on any atom is 0.272 e. The van der Waals surface area contributed by atoms with Gasteiger partial charge in [0.2, 0.25) is 0 Å². The minimum absolute atomic E-state index is 0.0402. The van der Waals surface area contributed by atoms with Crippen molar-refractivity contribution in [2.75, 3.05) is 39.3 Å². The molecule has 0 bridgehead atoms. The van der Waals surface area contributed by atoms with Crippen LogP contribution >= 0.6 is 0 Å².